The summed E-state index contributed by atoms with van der Waals surface area (Å²) in [7, 11) is 0. The van der Waals surface area contributed by atoms with Crippen LogP contribution in [0.5, 0.6) is 11.5 Å². The van der Waals surface area contributed by atoms with E-state index in [9.17, 15) is 9.59 Å². The molecule has 0 spiro atoms. The zero-order chi connectivity index (χ0) is 18.7. The first-order valence-electron chi connectivity index (χ1n) is 9.45. The molecule has 26 heavy (non-hydrogen) atoms. The number of carbonyl (C=O) groups excluding carboxylic acids is 2. The lowest BCUT2D eigenvalue weighted by atomic mass is 9.87. The number of rotatable bonds is 4. The standard InChI is InChI=1S/C20H28N2O4/c1-4-15-7-5-6-10-22(15)19(24)20(2,3)18(23)21-14-8-9-16-17(13-14)26-12-11-25-16/h8-9,13,15H,4-7,10-12H2,1-3H3,(H,21,23). The lowest BCUT2D eigenvalue weighted by Crippen LogP contribution is -2.52. The summed E-state index contributed by atoms with van der Waals surface area (Å²) in [5.41, 5.74) is -0.524. The minimum Gasteiger partial charge on any atom is -0.486 e. The maximum absolute atomic E-state index is 13.1. The zero-order valence-electron chi connectivity index (χ0n) is 15.8. The van der Waals surface area contributed by atoms with Crippen LogP contribution in [0.1, 0.15) is 46.5 Å². The van der Waals surface area contributed by atoms with E-state index in [1.807, 2.05) is 4.90 Å². The van der Waals surface area contributed by atoms with Crippen LogP contribution in [0, 0.1) is 5.41 Å². The number of hydrogen-bond donors (Lipinski definition) is 1. The number of amides is 2. The van der Waals surface area contributed by atoms with E-state index in [1.54, 1.807) is 32.0 Å². The van der Waals surface area contributed by atoms with Gasteiger partial charge in [0.15, 0.2) is 11.5 Å². The highest BCUT2D eigenvalue weighted by Crippen LogP contribution is 2.34. The van der Waals surface area contributed by atoms with E-state index in [-0.39, 0.29) is 17.9 Å². The van der Waals surface area contributed by atoms with Crippen molar-refractivity contribution in [2.75, 3.05) is 25.1 Å². The van der Waals surface area contributed by atoms with Crippen molar-refractivity contribution in [2.45, 2.75) is 52.5 Å². The van der Waals surface area contributed by atoms with E-state index < -0.39 is 5.41 Å². The van der Waals surface area contributed by atoms with E-state index in [0.717, 1.165) is 32.2 Å². The van der Waals surface area contributed by atoms with Crippen molar-refractivity contribution < 1.29 is 19.1 Å². The monoisotopic (exact) mass is 360 g/mol. The van der Waals surface area contributed by atoms with E-state index >= 15 is 0 Å². The van der Waals surface area contributed by atoms with Crippen molar-refractivity contribution in [3.63, 3.8) is 0 Å². The molecule has 0 aliphatic carbocycles. The Morgan fingerprint density at radius 3 is 2.65 bits per heavy atom. The van der Waals surface area contributed by atoms with Crippen LogP contribution >= 0.6 is 0 Å². The van der Waals surface area contributed by atoms with E-state index in [2.05, 4.69) is 12.2 Å². The van der Waals surface area contributed by atoms with E-state index in [1.165, 1.54) is 0 Å². The number of anilines is 1. The van der Waals surface area contributed by atoms with Gasteiger partial charge in [0.2, 0.25) is 11.8 Å². The highest BCUT2D eigenvalue weighted by Gasteiger charge is 2.41. The molecule has 0 aromatic heterocycles. The van der Waals surface area contributed by atoms with Crippen molar-refractivity contribution in [1.29, 1.82) is 0 Å². The minimum absolute atomic E-state index is 0.0981. The average Bonchev–Trinajstić information content (AvgIpc) is 2.67. The van der Waals surface area contributed by atoms with Crippen molar-refractivity contribution in [2.24, 2.45) is 5.41 Å². The van der Waals surface area contributed by atoms with Gasteiger partial charge >= 0.3 is 0 Å². The Labute approximate surface area is 154 Å². The van der Waals surface area contributed by atoms with Crippen molar-refractivity contribution in [3.8, 4) is 11.5 Å². The third-order valence-corrected chi connectivity index (χ3v) is 5.26. The number of nitrogens with zero attached hydrogens (tertiary/aromatic N) is 1. The summed E-state index contributed by atoms with van der Waals surface area (Å²) >= 11 is 0. The van der Waals surface area contributed by atoms with Gasteiger partial charge in [-0.1, -0.05) is 6.92 Å². The van der Waals surface area contributed by atoms with Gasteiger partial charge in [0, 0.05) is 24.3 Å². The normalized spacial score (nSPS) is 19.8. The zero-order valence-corrected chi connectivity index (χ0v) is 15.8. The number of benzene rings is 1. The molecule has 3 rings (SSSR count). The second-order valence-corrected chi connectivity index (χ2v) is 7.49. The molecular weight excluding hydrogens is 332 g/mol. The van der Waals surface area contributed by atoms with Gasteiger partial charge in [0.25, 0.3) is 0 Å². The molecule has 2 aliphatic rings. The molecule has 1 aromatic carbocycles. The molecule has 2 aliphatic heterocycles. The first kappa shape index (κ1) is 18.5. The molecule has 0 bridgehead atoms. The van der Waals surface area contributed by atoms with Crippen LogP contribution in [-0.2, 0) is 9.59 Å². The molecule has 2 heterocycles. The maximum atomic E-state index is 13.1. The molecular formula is C20H28N2O4. The molecule has 1 atom stereocenters. The smallest absolute Gasteiger partial charge is 0.239 e. The summed E-state index contributed by atoms with van der Waals surface area (Å²) in [6.07, 6.45) is 4.09. The molecule has 142 valence electrons. The Hall–Kier alpha value is -2.24. The van der Waals surface area contributed by atoms with Gasteiger partial charge in [0.1, 0.15) is 18.6 Å². The molecule has 2 amide bonds. The first-order chi connectivity index (χ1) is 12.4. The largest absolute Gasteiger partial charge is 0.486 e. The van der Waals surface area contributed by atoms with Crippen LogP contribution in [0.4, 0.5) is 5.69 Å². The summed E-state index contributed by atoms with van der Waals surface area (Å²) in [6, 6.07) is 5.51. The fourth-order valence-electron chi connectivity index (χ4n) is 3.56. The van der Waals surface area contributed by atoms with Crippen molar-refractivity contribution in [3.05, 3.63) is 18.2 Å². The summed E-state index contributed by atoms with van der Waals surface area (Å²) in [6.45, 7) is 7.24. The van der Waals surface area contributed by atoms with Crippen molar-refractivity contribution in [1.82, 2.24) is 4.90 Å². The molecule has 1 N–H and O–H groups in total. The predicted molar refractivity (Wildman–Crippen MR) is 99.5 cm³/mol. The second-order valence-electron chi connectivity index (χ2n) is 7.49. The summed E-state index contributed by atoms with van der Waals surface area (Å²) in [5.74, 6) is 0.877. The summed E-state index contributed by atoms with van der Waals surface area (Å²) < 4.78 is 11.0. The number of likely N-dealkylation sites (tertiary alicyclic amines) is 1. The number of piperidine rings is 1. The highest BCUT2D eigenvalue weighted by atomic mass is 16.6. The Kier molecular flexibility index (Phi) is 5.39. The number of fused-ring (bicyclic) bond motifs is 1. The average molecular weight is 360 g/mol. The molecule has 0 radical (unpaired) electrons. The van der Waals surface area contributed by atoms with Gasteiger partial charge in [0.05, 0.1) is 0 Å². The second kappa shape index (κ2) is 7.56. The van der Waals surface area contributed by atoms with Gasteiger partial charge in [-0.05, 0) is 51.7 Å². The quantitative estimate of drug-likeness (QED) is 0.837. The van der Waals surface area contributed by atoms with E-state index in [4.69, 9.17) is 9.47 Å². The summed E-state index contributed by atoms with van der Waals surface area (Å²) in [5, 5.41) is 2.86. The van der Waals surface area contributed by atoms with Gasteiger partial charge in [-0.25, -0.2) is 0 Å². The fourth-order valence-corrected chi connectivity index (χ4v) is 3.56. The van der Waals surface area contributed by atoms with Crippen LogP contribution in [0.25, 0.3) is 0 Å². The molecule has 1 aromatic rings. The topological polar surface area (TPSA) is 67.9 Å². The van der Waals surface area contributed by atoms with Crippen LogP contribution < -0.4 is 14.8 Å². The fraction of sp³-hybridized carbons (Fsp3) is 0.600. The molecule has 0 saturated carbocycles. The lowest BCUT2D eigenvalue weighted by Gasteiger charge is -2.39. The Bertz CT molecular complexity index is 686. The van der Waals surface area contributed by atoms with E-state index in [0.29, 0.717) is 30.4 Å². The Morgan fingerprint density at radius 1 is 1.19 bits per heavy atom. The van der Waals surface area contributed by atoms with Crippen LogP contribution in [-0.4, -0.2) is 42.5 Å². The summed E-state index contributed by atoms with van der Waals surface area (Å²) in [4.78, 5) is 27.8. The number of nitrogens with one attached hydrogen (secondary N) is 1. The Balaban J connectivity index is 1.72. The molecule has 1 saturated heterocycles. The minimum atomic E-state index is -1.13. The molecule has 1 unspecified atom stereocenters. The third-order valence-electron chi connectivity index (χ3n) is 5.26. The number of ether oxygens (including phenoxy) is 2. The van der Waals surface area contributed by atoms with Crippen LogP contribution in [0.3, 0.4) is 0 Å². The van der Waals surface area contributed by atoms with Gasteiger partial charge in [-0.15, -0.1) is 0 Å². The molecule has 6 heteroatoms. The van der Waals surface area contributed by atoms with Crippen molar-refractivity contribution >= 4 is 17.5 Å². The highest BCUT2D eigenvalue weighted by molar-refractivity contribution is 6.10. The van der Waals surface area contributed by atoms with Gasteiger partial charge in [-0.2, -0.15) is 0 Å². The SMILES string of the molecule is CCC1CCCCN1C(=O)C(C)(C)C(=O)Nc1ccc2c(c1)OCCO2. The molecule has 1 fully saturated rings. The molecule has 6 nitrogen and oxygen atoms in total. The first-order valence-corrected chi connectivity index (χ1v) is 9.45. The van der Waals surface area contributed by atoms with Gasteiger partial charge in [-0.3, -0.25) is 9.59 Å². The van der Waals surface area contributed by atoms with Crippen LogP contribution in [0.15, 0.2) is 18.2 Å². The number of carbonyl (C=O) groups is 2. The third kappa shape index (κ3) is 3.64. The van der Waals surface area contributed by atoms with Crippen LogP contribution in [0.2, 0.25) is 0 Å². The van der Waals surface area contributed by atoms with Gasteiger partial charge < -0.3 is 19.7 Å². The Morgan fingerprint density at radius 2 is 1.92 bits per heavy atom. The lowest BCUT2D eigenvalue weighted by molar-refractivity contribution is -0.149. The number of hydrogen-bond acceptors (Lipinski definition) is 4. The predicted octanol–water partition coefficient (Wildman–Crippen LogP) is 3.21. The maximum Gasteiger partial charge on any atom is 0.239 e.